The molecule has 2 saturated heterocycles. The molecule has 20 heavy (non-hydrogen) atoms. The van der Waals surface area contributed by atoms with Crippen molar-refractivity contribution in [2.24, 2.45) is 0 Å². The number of nitrogens with one attached hydrogen (secondary N) is 1. The van der Waals surface area contributed by atoms with Crippen LogP contribution in [-0.4, -0.2) is 68.6 Å². The van der Waals surface area contributed by atoms with Crippen LogP contribution in [0.3, 0.4) is 0 Å². The Hall–Kier alpha value is -0.370. The van der Waals surface area contributed by atoms with E-state index in [4.69, 9.17) is 4.74 Å². The molecule has 6 nitrogen and oxygen atoms in total. The summed E-state index contributed by atoms with van der Waals surface area (Å²) in [5.74, 6) is 0.0796. The Morgan fingerprint density at radius 3 is 2.70 bits per heavy atom. The van der Waals surface area contributed by atoms with E-state index < -0.39 is 15.1 Å². The Morgan fingerprint density at radius 2 is 2.10 bits per heavy atom. The Bertz CT molecular complexity index is 437. The molecular formula is C12H23ClN2O4S. The van der Waals surface area contributed by atoms with Gasteiger partial charge in [-0.3, -0.25) is 4.79 Å². The summed E-state index contributed by atoms with van der Waals surface area (Å²) in [5.41, 5.74) is 0. The van der Waals surface area contributed by atoms with Gasteiger partial charge >= 0.3 is 0 Å². The predicted octanol–water partition coefficient (Wildman–Crippen LogP) is -0.179. The van der Waals surface area contributed by atoms with E-state index in [2.05, 4.69) is 5.32 Å². The van der Waals surface area contributed by atoms with Crippen LogP contribution < -0.4 is 5.32 Å². The minimum absolute atomic E-state index is 0. The average Bonchev–Trinajstić information content (AvgIpc) is 2.37. The molecule has 2 aliphatic heterocycles. The first-order chi connectivity index (χ1) is 8.92. The molecule has 8 heteroatoms. The summed E-state index contributed by atoms with van der Waals surface area (Å²) in [5, 5.41) is 2.76. The van der Waals surface area contributed by atoms with Crippen molar-refractivity contribution in [2.45, 2.75) is 37.6 Å². The molecule has 1 N–H and O–H groups in total. The van der Waals surface area contributed by atoms with Gasteiger partial charge in [-0.2, -0.15) is 0 Å². The zero-order valence-electron chi connectivity index (χ0n) is 11.9. The quantitative estimate of drug-likeness (QED) is 0.762. The zero-order valence-corrected chi connectivity index (χ0v) is 13.5. The maximum atomic E-state index is 12.3. The number of nitrogens with zero attached hydrogens (tertiary/aromatic N) is 1. The Kier molecular flexibility index (Phi) is 6.25. The molecule has 0 saturated carbocycles. The van der Waals surface area contributed by atoms with Gasteiger partial charge in [0.1, 0.15) is 0 Å². The van der Waals surface area contributed by atoms with E-state index in [0.29, 0.717) is 26.2 Å². The minimum Gasteiger partial charge on any atom is -0.378 e. The lowest BCUT2D eigenvalue weighted by atomic mass is 10.1. The van der Waals surface area contributed by atoms with Crippen molar-refractivity contribution in [3.05, 3.63) is 0 Å². The standard InChI is InChI=1S/C12H22N2O4S.ClH/c1-9-10(2)19(16,17)6-4-14(9)12(15)7-11-8-18-5-3-13-11;/h9-11,13H,3-8H2,1-2H3;1H. The lowest BCUT2D eigenvalue weighted by Crippen LogP contribution is -2.55. The largest absolute Gasteiger partial charge is 0.378 e. The lowest BCUT2D eigenvalue weighted by molar-refractivity contribution is -0.134. The smallest absolute Gasteiger partial charge is 0.224 e. The number of carbonyl (C=O) groups is 1. The summed E-state index contributed by atoms with van der Waals surface area (Å²) in [6, 6.07) is -0.210. The molecule has 3 atom stereocenters. The first-order valence-electron chi connectivity index (χ1n) is 6.74. The van der Waals surface area contributed by atoms with E-state index >= 15 is 0 Å². The van der Waals surface area contributed by atoms with Gasteiger partial charge in [0, 0.05) is 31.6 Å². The highest BCUT2D eigenvalue weighted by atomic mass is 35.5. The van der Waals surface area contributed by atoms with Gasteiger partial charge in [0.05, 0.1) is 24.2 Å². The Labute approximate surface area is 126 Å². The molecule has 0 radical (unpaired) electrons. The third-order valence-electron chi connectivity index (χ3n) is 4.09. The number of amides is 1. The fourth-order valence-corrected chi connectivity index (χ4v) is 4.17. The molecule has 118 valence electrons. The Balaban J connectivity index is 0.00000200. The first kappa shape index (κ1) is 17.7. The number of morpholine rings is 1. The molecule has 0 aromatic heterocycles. The number of carbonyl (C=O) groups excluding carboxylic acids is 1. The van der Waals surface area contributed by atoms with Crippen LogP contribution in [0.25, 0.3) is 0 Å². The van der Waals surface area contributed by atoms with E-state index in [0.717, 1.165) is 6.54 Å². The molecule has 3 unspecified atom stereocenters. The fraction of sp³-hybridized carbons (Fsp3) is 0.917. The molecule has 2 fully saturated rings. The summed E-state index contributed by atoms with van der Waals surface area (Å²) in [6.07, 6.45) is 0.372. The van der Waals surface area contributed by atoms with E-state index in [1.807, 2.05) is 6.92 Å². The van der Waals surface area contributed by atoms with Crippen molar-refractivity contribution < 1.29 is 17.9 Å². The fourth-order valence-electron chi connectivity index (χ4n) is 2.60. The second kappa shape index (κ2) is 7.06. The van der Waals surface area contributed by atoms with Crippen LogP contribution in [0.15, 0.2) is 0 Å². The summed E-state index contributed by atoms with van der Waals surface area (Å²) in [4.78, 5) is 14.0. The van der Waals surface area contributed by atoms with Gasteiger partial charge in [0.15, 0.2) is 9.84 Å². The van der Waals surface area contributed by atoms with Crippen LogP contribution in [0.1, 0.15) is 20.3 Å². The van der Waals surface area contributed by atoms with Gasteiger partial charge in [-0.05, 0) is 13.8 Å². The summed E-state index contributed by atoms with van der Waals surface area (Å²) >= 11 is 0. The van der Waals surface area contributed by atoms with Crippen molar-refractivity contribution in [1.82, 2.24) is 10.2 Å². The molecule has 0 aliphatic carbocycles. The number of rotatable bonds is 2. The second-order valence-electron chi connectivity index (χ2n) is 5.33. The number of hydrogen-bond acceptors (Lipinski definition) is 5. The molecule has 2 aliphatic rings. The van der Waals surface area contributed by atoms with Gasteiger partial charge in [-0.15, -0.1) is 12.4 Å². The third-order valence-corrected chi connectivity index (χ3v) is 6.37. The third kappa shape index (κ3) is 3.84. The Morgan fingerprint density at radius 1 is 1.40 bits per heavy atom. The van der Waals surface area contributed by atoms with Crippen LogP contribution in [0.5, 0.6) is 0 Å². The number of hydrogen-bond donors (Lipinski definition) is 1. The molecule has 2 heterocycles. The lowest BCUT2D eigenvalue weighted by Gasteiger charge is -2.38. The van der Waals surface area contributed by atoms with Crippen molar-refractivity contribution >= 4 is 28.2 Å². The number of halogens is 1. The molecule has 2 rings (SSSR count). The van der Waals surface area contributed by atoms with Gasteiger partial charge in [0.25, 0.3) is 0 Å². The van der Waals surface area contributed by atoms with E-state index in [9.17, 15) is 13.2 Å². The molecule has 0 bridgehead atoms. The molecule has 1 amide bonds. The second-order valence-corrected chi connectivity index (χ2v) is 7.81. The minimum atomic E-state index is -3.04. The molecule has 0 aromatic rings. The van der Waals surface area contributed by atoms with Gasteiger partial charge < -0.3 is 15.0 Å². The predicted molar refractivity (Wildman–Crippen MR) is 78.9 cm³/mol. The maximum Gasteiger partial charge on any atom is 0.224 e. The first-order valence-corrected chi connectivity index (χ1v) is 8.45. The van der Waals surface area contributed by atoms with Crippen molar-refractivity contribution in [3.63, 3.8) is 0 Å². The summed E-state index contributed by atoms with van der Waals surface area (Å²) < 4.78 is 28.9. The van der Waals surface area contributed by atoms with Gasteiger partial charge in [-0.25, -0.2) is 8.42 Å². The topological polar surface area (TPSA) is 75.7 Å². The van der Waals surface area contributed by atoms with Crippen molar-refractivity contribution in [3.8, 4) is 0 Å². The van der Waals surface area contributed by atoms with Crippen LogP contribution in [0.2, 0.25) is 0 Å². The van der Waals surface area contributed by atoms with Crippen molar-refractivity contribution in [1.29, 1.82) is 0 Å². The maximum absolute atomic E-state index is 12.3. The highest BCUT2D eigenvalue weighted by Gasteiger charge is 2.38. The van der Waals surface area contributed by atoms with Crippen LogP contribution in [0.4, 0.5) is 0 Å². The van der Waals surface area contributed by atoms with Crippen molar-refractivity contribution in [2.75, 3.05) is 32.1 Å². The van der Waals surface area contributed by atoms with Gasteiger partial charge in [-0.1, -0.05) is 0 Å². The zero-order chi connectivity index (χ0) is 14.0. The monoisotopic (exact) mass is 326 g/mol. The number of sulfone groups is 1. The summed E-state index contributed by atoms with van der Waals surface area (Å²) in [7, 11) is -3.04. The van der Waals surface area contributed by atoms with Crippen LogP contribution in [0, 0.1) is 0 Å². The highest BCUT2D eigenvalue weighted by Crippen LogP contribution is 2.20. The number of ether oxygens (including phenoxy) is 1. The van der Waals surface area contributed by atoms with E-state index in [-0.39, 0.29) is 36.2 Å². The van der Waals surface area contributed by atoms with E-state index in [1.165, 1.54) is 0 Å². The SMILES string of the molecule is CC1C(C)S(=O)(=O)CCN1C(=O)CC1COCCN1.Cl. The molecule has 0 aromatic carbocycles. The molecule has 0 spiro atoms. The highest BCUT2D eigenvalue weighted by molar-refractivity contribution is 7.92. The van der Waals surface area contributed by atoms with Crippen LogP contribution in [-0.2, 0) is 19.4 Å². The summed E-state index contributed by atoms with van der Waals surface area (Å²) in [6.45, 7) is 5.78. The average molecular weight is 327 g/mol. The normalized spacial score (nSPS) is 33.3. The van der Waals surface area contributed by atoms with Gasteiger partial charge in [0.2, 0.25) is 5.91 Å². The van der Waals surface area contributed by atoms with E-state index in [1.54, 1.807) is 11.8 Å². The van der Waals surface area contributed by atoms with Crippen LogP contribution >= 0.6 is 12.4 Å². The molecular weight excluding hydrogens is 304 g/mol.